The first-order valence-electron chi connectivity index (χ1n) is 13.3. The van der Waals surface area contributed by atoms with Crippen molar-refractivity contribution in [2.75, 3.05) is 11.5 Å². The molecule has 0 spiro atoms. The van der Waals surface area contributed by atoms with E-state index in [1.54, 1.807) is 0 Å². The van der Waals surface area contributed by atoms with Crippen molar-refractivity contribution < 1.29 is 37.5 Å². The zero-order chi connectivity index (χ0) is 27.7. The molecule has 0 aromatic heterocycles. The van der Waals surface area contributed by atoms with E-state index in [1.165, 1.54) is 0 Å². The fourth-order valence-corrected chi connectivity index (χ4v) is 11.1. The molecule has 1 aromatic rings. The van der Waals surface area contributed by atoms with Crippen molar-refractivity contribution in [1.29, 1.82) is 0 Å². The third-order valence-electron chi connectivity index (χ3n) is 11.2. The quantitative estimate of drug-likeness (QED) is 0.124. The minimum atomic E-state index is -4.27. The van der Waals surface area contributed by atoms with Gasteiger partial charge in [0.05, 0.1) is 17.3 Å². The molecule has 5 rings (SSSR count). The number of hydrogen-bond donors (Lipinski definition) is 3. The molecule has 4 fully saturated rings. The number of benzene rings is 1. The van der Waals surface area contributed by atoms with Crippen LogP contribution < -0.4 is 0 Å². The standard InChI is InChI=1S/C28H38O8S2/c1-25(2)21-9-11-27(25,15-37-36-35-31)23(29)19(21)13-17-5-7-18(8-6-17)14-20-22-10-12-28(24(20)30,26(22,3)4)16-38(32,33)34/h5-8,13,20-23,29,31H,9-12,14-16H2,1-4H3,(H,32,33,34). The highest BCUT2D eigenvalue weighted by Crippen LogP contribution is 2.69. The van der Waals surface area contributed by atoms with Crippen LogP contribution in [0.3, 0.4) is 0 Å². The van der Waals surface area contributed by atoms with Crippen LogP contribution in [0.2, 0.25) is 0 Å². The van der Waals surface area contributed by atoms with Gasteiger partial charge in [-0.1, -0.05) is 63.1 Å². The van der Waals surface area contributed by atoms with Crippen molar-refractivity contribution in [1.82, 2.24) is 0 Å². The number of rotatable bonds is 9. The minimum Gasteiger partial charge on any atom is -0.388 e. The zero-order valence-electron chi connectivity index (χ0n) is 22.3. The van der Waals surface area contributed by atoms with Crippen molar-refractivity contribution in [2.24, 2.45) is 39.4 Å². The Hall–Kier alpha value is -1.27. The monoisotopic (exact) mass is 566 g/mol. The summed E-state index contributed by atoms with van der Waals surface area (Å²) >= 11 is 1.01. The Morgan fingerprint density at radius 2 is 1.76 bits per heavy atom. The molecule has 0 radical (unpaired) electrons. The summed E-state index contributed by atoms with van der Waals surface area (Å²) in [4.78, 5) is 13.5. The molecular formula is C28H38O8S2. The van der Waals surface area contributed by atoms with Crippen molar-refractivity contribution in [2.45, 2.75) is 65.9 Å². The topological polar surface area (TPSA) is 130 Å². The first-order valence-corrected chi connectivity index (χ1v) is 15.8. The summed E-state index contributed by atoms with van der Waals surface area (Å²) in [6.45, 7) is 8.31. The van der Waals surface area contributed by atoms with Crippen molar-refractivity contribution in [3.8, 4) is 0 Å². The maximum Gasteiger partial charge on any atom is 0.265 e. The largest absolute Gasteiger partial charge is 0.388 e. The van der Waals surface area contributed by atoms with Gasteiger partial charge >= 0.3 is 0 Å². The molecule has 4 saturated carbocycles. The minimum absolute atomic E-state index is 0.0337. The molecule has 0 heterocycles. The summed E-state index contributed by atoms with van der Waals surface area (Å²) < 4.78 is 37.9. The van der Waals surface area contributed by atoms with Gasteiger partial charge in [-0.05, 0) is 71.5 Å². The number of hydrogen-bond acceptors (Lipinski definition) is 8. The second kappa shape index (κ2) is 9.39. The van der Waals surface area contributed by atoms with Gasteiger partial charge in [-0.3, -0.25) is 9.35 Å². The first-order chi connectivity index (χ1) is 17.7. The molecule has 4 bridgehead atoms. The highest BCUT2D eigenvalue weighted by molar-refractivity contribution is 7.94. The number of fused-ring (bicyclic) bond motifs is 4. The van der Waals surface area contributed by atoms with Gasteiger partial charge in [-0.15, -0.1) is 4.33 Å². The lowest BCUT2D eigenvalue weighted by Gasteiger charge is -2.39. The van der Waals surface area contributed by atoms with Gasteiger partial charge in [-0.2, -0.15) is 8.42 Å². The first kappa shape index (κ1) is 28.3. The predicted octanol–water partition coefficient (Wildman–Crippen LogP) is 4.99. The van der Waals surface area contributed by atoms with Gasteiger partial charge in [0.2, 0.25) is 0 Å². The summed E-state index contributed by atoms with van der Waals surface area (Å²) in [5, 5.41) is 23.7. The Morgan fingerprint density at radius 3 is 2.39 bits per heavy atom. The van der Waals surface area contributed by atoms with Crippen LogP contribution in [0.4, 0.5) is 0 Å². The molecule has 10 heteroatoms. The smallest absolute Gasteiger partial charge is 0.265 e. The van der Waals surface area contributed by atoms with Crippen LogP contribution in [-0.4, -0.2) is 46.7 Å². The molecular weight excluding hydrogens is 528 g/mol. The molecule has 8 nitrogen and oxygen atoms in total. The van der Waals surface area contributed by atoms with Crippen LogP contribution in [0, 0.1) is 39.4 Å². The highest BCUT2D eigenvalue weighted by Gasteiger charge is 2.69. The Balaban J connectivity index is 1.34. The van der Waals surface area contributed by atoms with E-state index < -0.39 is 32.8 Å². The van der Waals surface area contributed by atoms with E-state index in [0.29, 0.717) is 18.6 Å². The van der Waals surface area contributed by atoms with E-state index >= 15 is 0 Å². The normalized spacial score (nSPS) is 38.0. The van der Waals surface area contributed by atoms with E-state index in [9.17, 15) is 22.9 Å². The van der Waals surface area contributed by atoms with Crippen LogP contribution >= 0.6 is 12.0 Å². The van der Waals surface area contributed by atoms with Crippen LogP contribution in [0.15, 0.2) is 29.8 Å². The van der Waals surface area contributed by atoms with Gasteiger partial charge in [0.15, 0.2) is 0 Å². The van der Waals surface area contributed by atoms with Gasteiger partial charge in [0.25, 0.3) is 10.1 Å². The third kappa shape index (κ3) is 4.05. The Bertz CT molecular complexity index is 1240. The maximum atomic E-state index is 13.5. The number of aliphatic hydroxyl groups is 1. The predicted molar refractivity (Wildman–Crippen MR) is 144 cm³/mol. The molecule has 6 unspecified atom stereocenters. The number of ketones is 1. The van der Waals surface area contributed by atoms with Crippen LogP contribution in [-0.2, 0) is 30.7 Å². The van der Waals surface area contributed by atoms with Crippen LogP contribution in [0.25, 0.3) is 6.08 Å². The van der Waals surface area contributed by atoms with E-state index in [2.05, 4.69) is 29.3 Å². The second-order valence-electron chi connectivity index (χ2n) is 13.0. The van der Waals surface area contributed by atoms with Gasteiger partial charge in [0.1, 0.15) is 5.78 Å². The van der Waals surface area contributed by atoms with Crippen molar-refractivity contribution >= 4 is 34.0 Å². The van der Waals surface area contributed by atoms with Crippen LogP contribution in [0.1, 0.15) is 64.5 Å². The van der Waals surface area contributed by atoms with Gasteiger partial charge in [0, 0.05) is 29.1 Å². The molecule has 0 amide bonds. The number of carbonyl (C=O) groups excluding carboxylic acids is 1. The number of aliphatic hydroxyl groups excluding tert-OH is 1. The Labute approximate surface area is 229 Å². The Morgan fingerprint density at radius 1 is 1.08 bits per heavy atom. The summed E-state index contributed by atoms with van der Waals surface area (Å²) in [7, 11) is -4.27. The zero-order valence-corrected chi connectivity index (χ0v) is 24.0. The highest BCUT2D eigenvalue weighted by atomic mass is 32.2. The van der Waals surface area contributed by atoms with E-state index in [-0.39, 0.29) is 34.4 Å². The van der Waals surface area contributed by atoms with Crippen LogP contribution in [0.5, 0.6) is 0 Å². The number of carbonyl (C=O) groups is 1. The SMILES string of the molecule is CC1(C)C2CCC1(CS(=O)(=O)O)C(=O)C2Cc1ccc(C=C2C3CCC(CSOOO)(C2O)C3(C)C)cc1. The van der Waals surface area contributed by atoms with Gasteiger partial charge in [-0.25, -0.2) is 5.26 Å². The molecule has 1 aromatic carbocycles. The lowest BCUT2D eigenvalue weighted by molar-refractivity contribution is -0.432. The van der Waals surface area contributed by atoms with E-state index in [4.69, 9.17) is 5.26 Å². The summed E-state index contributed by atoms with van der Waals surface area (Å²) in [6, 6.07) is 8.04. The molecule has 4 aliphatic carbocycles. The molecule has 210 valence electrons. The fraction of sp³-hybridized carbons (Fsp3) is 0.679. The molecule has 4 aliphatic rings. The van der Waals surface area contributed by atoms with E-state index in [0.717, 1.165) is 48.0 Å². The average molecular weight is 567 g/mol. The van der Waals surface area contributed by atoms with Crippen molar-refractivity contribution in [3.05, 3.63) is 41.0 Å². The van der Waals surface area contributed by atoms with E-state index in [1.807, 2.05) is 38.1 Å². The summed E-state index contributed by atoms with van der Waals surface area (Å²) in [5.41, 5.74) is 0.980. The average Bonchev–Trinajstić information content (AvgIpc) is 3.34. The van der Waals surface area contributed by atoms with Gasteiger partial charge < -0.3 is 5.11 Å². The summed E-state index contributed by atoms with van der Waals surface area (Å²) in [6.07, 6.45) is 5.12. The lowest BCUT2D eigenvalue weighted by Crippen LogP contribution is -2.43. The molecule has 0 aliphatic heterocycles. The summed E-state index contributed by atoms with van der Waals surface area (Å²) in [5.74, 6) is 0.0270. The number of Topliss-reactive ketones (excluding diaryl/α,β-unsaturated/α-hetero) is 1. The lowest BCUT2D eigenvalue weighted by atomic mass is 9.70. The maximum absolute atomic E-state index is 13.5. The third-order valence-corrected chi connectivity index (χ3v) is 12.9. The molecule has 6 atom stereocenters. The fourth-order valence-electron chi connectivity index (χ4n) is 8.88. The molecule has 38 heavy (non-hydrogen) atoms. The second-order valence-corrected chi connectivity index (χ2v) is 15.1. The Kier molecular flexibility index (Phi) is 6.99. The molecule has 3 N–H and O–H groups in total. The molecule has 0 saturated heterocycles. The van der Waals surface area contributed by atoms with Crippen molar-refractivity contribution in [3.63, 3.8) is 0 Å².